The number of rotatable bonds is 1. The zero-order chi connectivity index (χ0) is 5.70. The fourth-order valence-electron chi connectivity index (χ4n) is 0.0787. The van der Waals surface area contributed by atoms with Gasteiger partial charge in [0, 0.05) is 0 Å². The van der Waals surface area contributed by atoms with Crippen molar-refractivity contribution in [3.63, 3.8) is 0 Å². The van der Waals surface area contributed by atoms with E-state index in [-0.39, 0.29) is 0 Å². The largest absolute Gasteiger partial charge is 0.339 e. The highest BCUT2D eigenvalue weighted by Gasteiger charge is 1.87. The first kappa shape index (κ1) is 6.93. The normalized spacial score (nSPS) is 7.71. The third-order valence-corrected chi connectivity index (χ3v) is 0.586. The Kier molecular flexibility index (Phi) is 4.06. The van der Waals surface area contributed by atoms with E-state index in [1.165, 1.54) is 0 Å². The van der Waals surface area contributed by atoms with Crippen molar-refractivity contribution in [1.29, 1.82) is 0 Å². The molecule has 42 valence electrons. The summed E-state index contributed by atoms with van der Waals surface area (Å²) in [6, 6.07) is -0.446. The van der Waals surface area contributed by atoms with Gasteiger partial charge in [0.15, 0.2) is 0 Å². The van der Waals surface area contributed by atoms with Crippen LogP contribution in [0.3, 0.4) is 0 Å². The second kappa shape index (κ2) is 4.10. The van der Waals surface area contributed by atoms with E-state index in [2.05, 4.69) is 35.9 Å². The summed E-state index contributed by atoms with van der Waals surface area (Å²) in [5, 5.41) is 0. The van der Waals surface area contributed by atoms with Gasteiger partial charge in [-0.05, 0) is 0 Å². The van der Waals surface area contributed by atoms with Gasteiger partial charge < -0.3 is 0 Å². The fourth-order valence-corrected chi connectivity index (χ4v) is 0.236. The van der Waals surface area contributed by atoms with E-state index >= 15 is 0 Å². The quantitative estimate of drug-likeness (QED) is 0.251. The monoisotopic (exact) mass is 139 g/mol. The molecule has 7 heavy (non-hydrogen) atoms. The second-order valence-electron chi connectivity index (χ2n) is 0.678. The van der Waals surface area contributed by atoms with Crippen LogP contribution in [0.15, 0.2) is 0 Å². The van der Waals surface area contributed by atoms with Gasteiger partial charge in [-0.25, -0.2) is 4.79 Å². The van der Waals surface area contributed by atoms with E-state index in [9.17, 15) is 4.79 Å². The van der Waals surface area contributed by atoms with Crippen LogP contribution in [0.25, 0.3) is 0 Å². The number of hydrogen-bond acceptors (Lipinski definition) is 4. The van der Waals surface area contributed by atoms with Crippen LogP contribution in [0, 0.1) is 0 Å². The van der Waals surface area contributed by atoms with E-state index in [0.29, 0.717) is 0 Å². The molecule has 0 aliphatic rings. The molecule has 0 aromatic carbocycles. The molecule has 3 N–H and O–H groups in total. The van der Waals surface area contributed by atoms with E-state index in [1.54, 1.807) is 0 Å². The molecule has 0 unspecified atom stereocenters. The zero-order valence-electron chi connectivity index (χ0n) is 3.30. The Morgan fingerprint density at radius 1 is 1.43 bits per heavy atom. The molecule has 0 aliphatic carbocycles. The summed E-state index contributed by atoms with van der Waals surface area (Å²) in [5.41, 5.74) is 2.08. The second-order valence-corrected chi connectivity index (χ2v) is 1.12. The Morgan fingerprint density at radius 2 is 2.00 bits per heavy atom. The van der Waals surface area contributed by atoms with E-state index in [0.717, 1.165) is 0 Å². The van der Waals surface area contributed by atoms with Gasteiger partial charge in [0.25, 0.3) is 0 Å². The lowest BCUT2D eigenvalue weighted by atomic mass is 11.2. The molecule has 0 aromatic rings. The van der Waals surface area contributed by atoms with E-state index in [4.69, 9.17) is 0 Å². The maximum Gasteiger partial charge on any atom is 0.339 e. The molecule has 0 atom stereocenters. The Morgan fingerprint density at radius 3 is 2.14 bits per heavy atom. The molecule has 0 aromatic heterocycles. The fraction of sp³-hybridized carbons (Fsp3) is 0. The van der Waals surface area contributed by atoms with Crippen LogP contribution < -0.4 is 15.0 Å². The van der Waals surface area contributed by atoms with Gasteiger partial charge in [0.1, 0.15) is 0 Å². The number of carbonyl (C=O) groups excluding carboxylic acids is 1. The Hall–Kier alpha value is -0.0700. The molecular formula is CH5N3OS2. The van der Waals surface area contributed by atoms with Crippen molar-refractivity contribution < 1.29 is 4.79 Å². The molecule has 0 aliphatic heterocycles. The Labute approximate surface area is 52.1 Å². The molecule has 0 rings (SSSR count). The summed E-state index contributed by atoms with van der Waals surface area (Å²) >= 11 is 6.87. The first-order chi connectivity index (χ1) is 3.31. The highest BCUT2D eigenvalue weighted by molar-refractivity contribution is 7.78. The summed E-state index contributed by atoms with van der Waals surface area (Å²) < 4.78 is 2.00. The number of carbonyl (C=O) groups is 1. The summed E-state index contributed by atoms with van der Waals surface area (Å²) in [6.07, 6.45) is 0. The number of hydrogen-bond donors (Lipinski definition) is 5. The zero-order valence-corrected chi connectivity index (χ0v) is 5.09. The first-order valence-corrected chi connectivity index (χ1v) is 2.30. The number of hydrazine groups is 1. The van der Waals surface area contributed by atoms with Crippen molar-refractivity contribution in [2.75, 3.05) is 0 Å². The topological polar surface area (TPSA) is 53.2 Å². The van der Waals surface area contributed by atoms with Crippen LogP contribution in [0.5, 0.6) is 0 Å². The summed E-state index contributed by atoms with van der Waals surface area (Å²) in [6.45, 7) is 0. The number of urea groups is 1. The van der Waals surface area contributed by atoms with Gasteiger partial charge in [-0.3, -0.25) is 10.1 Å². The lowest BCUT2D eigenvalue weighted by molar-refractivity contribution is 0.245. The maximum absolute atomic E-state index is 10.0. The molecular weight excluding hydrogens is 134 g/mol. The van der Waals surface area contributed by atoms with Crippen molar-refractivity contribution in [1.82, 2.24) is 15.0 Å². The molecule has 0 saturated heterocycles. The minimum absolute atomic E-state index is 0.446. The van der Waals surface area contributed by atoms with Crippen LogP contribution in [-0.2, 0) is 0 Å². The van der Waals surface area contributed by atoms with Crippen LogP contribution >= 0.6 is 25.6 Å². The van der Waals surface area contributed by atoms with Gasteiger partial charge in [-0.1, -0.05) is 25.6 Å². The van der Waals surface area contributed by atoms with Crippen LogP contribution in [-0.4, -0.2) is 6.03 Å². The smallest absolute Gasteiger partial charge is 0.283 e. The Balaban J connectivity index is 3.00. The average Bonchev–Trinajstić information content (AvgIpc) is 1.68. The Bertz CT molecular complexity index is 66.0. The van der Waals surface area contributed by atoms with Gasteiger partial charge >= 0.3 is 6.03 Å². The maximum atomic E-state index is 10.0. The molecule has 0 bridgehead atoms. The van der Waals surface area contributed by atoms with Crippen molar-refractivity contribution in [2.45, 2.75) is 0 Å². The lowest BCUT2D eigenvalue weighted by Crippen LogP contribution is -2.35. The first-order valence-electron chi connectivity index (χ1n) is 1.40. The third kappa shape index (κ3) is 3.77. The SMILES string of the molecule is O=C(NS)NNS. The predicted molar refractivity (Wildman–Crippen MR) is 32.8 cm³/mol. The number of amides is 2. The molecule has 0 heterocycles. The van der Waals surface area contributed by atoms with Gasteiger partial charge in [0.2, 0.25) is 0 Å². The molecule has 0 saturated carbocycles. The van der Waals surface area contributed by atoms with Crippen molar-refractivity contribution in [3.8, 4) is 0 Å². The van der Waals surface area contributed by atoms with Crippen LogP contribution in [0.2, 0.25) is 0 Å². The lowest BCUT2D eigenvalue weighted by Gasteiger charge is -1.95. The van der Waals surface area contributed by atoms with Crippen LogP contribution in [0.4, 0.5) is 4.79 Å². The molecule has 4 nitrogen and oxygen atoms in total. The summed E-state index contributed by atoms with van der Waals surface area (Å²) in [5.74, 6) is 0. The van der Waals surface area contributed by atoms with Gasteiger partial charge in [-0.2, -0.15) is 4.83 Å². The number of nitrogens with one attached hydrogen (secondary N) is 3. The third-order valence-electron chi connectivity index (χ3n) is 0.271. The summed E-state index contributed by atoms with van der Waals surface area (Å²) in [4.78, 5) is 12.1. The highest BCUT2D eigenvalue weighted by atomic mass is 32.1. The minimum atomic E-state index is -0.446. The number of thiol groups is 2. The predicted octanol–water partition coefficient (Wildman–Crippen LogP) is -0.520. The minimum Gasteiger partial charge on any atom is -0.283 e. The molecule has 0 fully saturated rings. The van der Waals surface area contributed by atoms with Crippen molar-refractivity contribution >= 4 is 31.7 Å². The molecule has 6 heteroatoms. The molecule has 0 spiro atoms. The van der Waals surface area contributed by atoms with Crippen molar-refractivity contribution in [3.05, 3.63) is 0 Å². The van der Waals surface area contributed by atoms with Crippen molar-refractivity contribution in [2.24, 2.45) is 0 Å². The van der Waals surface area contributed by atoms with Gasteiger partial charge in [-0.15, -0.1) is 0 Å². The van der Waals surface area contributed by atoms with Crippen LogP contribution in [0.1, 0.15) is 0 Å². The van der Waals surface area contributed by atoms with E-state index in [1.807, 2.05) is 4.72 Å². The average molecular weight is 139 g/mol. The highest BCUT2D eigenvalue weighted by Crippen LogP contribution is 1.61. The molecule has 0 radical (unpaired) electrons. The standard InChI is InChI=1S/CH5N3OS2/c5-1(3-6)2-4-7/h4,6-7H,(H2,2,3,5). The van der Waals surface area contributed by atoms with E-state index < -0.39 is 6.03 Å². The molecule has 2 amide bonds. The van der Waals surface area contributed by atoms with Gasteiger partial charge in [0.05, 0.1) is 0 Å². The summed E-state index contributed by atoms with van der Waals surface area (Å²) in [7, 11) is 0.